The van der Waals surface area contributed by atoms with Crippen LogP contribution in [0, 0.1) is 12.3 Å². The van der Waals surface area contributed by atoms with Crippen LogP contribution in [0.1, 0.15) is 53.6 Å². The number of ether oxygens (including phenoxy) is 1. The summed E-state index contributed by atoms with van der Waals surface area (Å²) in [5.74, 6) is 2.04. The number of nitrogens with one attached hydrogen (secondary N) is 1. The summed E-state index contributed by atoms with van der Waals surface area (Å²) >= 11 is 0. The summed E-state index contributed by atoms with van der Waals surface area (Å²) in [4.78, 5) is 8.75. The van der Waals surface area contributed by atoms with Gasteiger partial charge in [0.2, 0.25) is 0 Å². The standard InChI is InChI=1S/C28H28N4O/c1-18-9-11-21(12-10-18)19(2)20(3)27-25(28(30)32-17-31-27)26(29)22-13-15-24(16-14-22)33-23-7-5-4-6-8-23/h4-17,19-20,29H,1-3H3,(H2,30,31,32). The predicted octanol–water partition coefficient (Wildman–Crippen LogP) is 6.48. The van der Waals surface area contributed by atoms with Crippen LogP contribution in [-0.2, 0) is 0 Å². The van der Waals surface area contributed by atoms with Gasteiger partial charge >= 0.3 is 0 Å². The number of para-hydroxylation sites is 1. The topological polar surface area (TPSA) is 84.9 Å². The maximum Gasteiger partial charge on any atom is 0.136 e. The van der Waals surface area contributed by atoms with E-state index in [1.807, 2.05) is 54.6 Å². The number of aromatic nitrogens is 2. The van der Waals surface area contributed by atoms with E-state index in [9.17, 15) is 0 Å². The summed E-state index contributed by atoms with van der Waals surface area (Å²) in [6.07, 6.45) is 1.48. The van der Waals surface area contributed by atoms with Crippen molar-refractivity contribution in [2.45, 2.75) is 32.6 Å². The van der Waals surface area contributed by atoms with Crippen molar-refractivity contribution in [3.05, 3.63) is 113 Å². The van der Waals surface area contributed by atoms with Crippen molar-refractivity contribution in [3.63, 3.8) is 0 Å². The number of aryl methyl sites for hydroxylation is 1. The second-order valence-corrected chi connectivity index (χ2v) is 8.32. The lowest BCUT2D eigenvalue weighted by Crippen LogP contribution is -2.17. The van der Waals surface area contributed by atoms with Crippen molar-refractivity contribution in [1.29, 1.82) is 5.41 Å². The number of benzene rings is 3. The van der Waals surface area contributed by atoms with E-state index in [1.165, 1.54) is 17.5 Å². The number of hydrogen-bond donors (Lipinski definition) is 2. The van der Waals surface area contributed by atoms with Crippen LogP contribution in [0.5, 0.6) is 11.5 Å². The van der Waals surface area contributed by atoms with Gasteiger partial charge in [0.05, 0.1) is 17.0 Å². The predicted molar refractivity (Wildman–Crippen MR) is 133 cm³/mol. The third-order valence-corrected chi connectivity index (χ3v) is 6.06. The first-order valence-corrected chi connectivity index (χ1v) is 11.0. The molecule has 1 heterocycles. The van der Waals surface area contributed by atoms with Crippen molar-refractivity contribution < 1.29 is 4.74 Å². The highest BCUT2D eigenvalue weighted by Crippen LogP contribution is 2.35. The Bertz CT molecular complexity index is 1240. The normalized spacial score (nSPS) is 12.7. The zero-order valence-corrected chi connectivity index (χ0v) is 19.1. The molecule has 0 bridgehead atoms. The number of nitrogen functional groups attached to an aromatic ring is 1. The molecule has 0 fully saturated rings. The van der Waals surface area contributed by atoms with Gasteiger partial charge in [0, 0.05) is 11.5 Å². The van der Waals surface area contributed by atoms with E-state index < -0.39 is 0 Å². The Hall–Kier alpha value is -3.99. The molecular weight excluding hydrogens is 408 g/mol. The highest BCUT2D eigenvalue weighted by Gasteiger charge is 2.25. The number of nitrogens with two attached hydrogens (primary N) is 1. The largest absolute Gasteiger partial charge is 0.457 e. The van der Waals surface area contributed by atoms with Gasteiger partial charge in [0.15, 0.2) is 0 Å². The highest BCUT2D eigenvalue weighted by molar-refractivity contribution is 6.14. The molecule has 0 aliphatic heterocycles. The van der Waals surface area contributed by atoms with Gasteiger partial charge in [-0.3, -0.25) is 5.41 Å². The molecule has 0 radical (unpaired) electrons. The Morgan fingerprint density at radius 3 is 2.12 bits per heavy atom. The molecule has 2 unspecified atom stereocenters. The minimum absolute atomic E-state index is 0.0500. The average molecular weight is 437 g/mol. The minimum atomic E-state index is 0.0500. The number of nitrogens with zero attached hydrogens (tertiary/aromatic N) is 2. The van der Waals surface area contributed by atoms with Crippen LogP contribution in [0.15, 0.2) is 85.2 Å². The lowest BCUT2D eigenvalue weighted by atomic mass is 9.83. The van der Waals surface area contributed by atoms with E-state index in [1.54, 1.807) is 0 Å². The number of hydrogen-bond acceptors (Lipinski definition) is 5. The van der Waals surface area contributed by atoms with Gasteiger partial charge in [-0.1, -0.05) is 61.9 Å². The summed E-state index contributed by atoms with van der Waals surface area (Å²) in [6, 6.07) is 25.6. The van der Waals surface area contributed by atoms with Gasteiger partial charge in [0.25, 0.3) is 0 Å². The molecule has 0 amide bonds. The van der Waals surface area contributed by atoms with Crippen molar-refractivity contribution in [2.24, 2.45) is 0 Å². The molecule has 0 aliphatic rings. The van der Waals surface area contributed by atoms with Crippen LogP contribution in [-0.4, -0.2) is 15.7 Å². The Morgan fingerprint density at radius 2 is 1.45 bits per heavy atom. The van der Waals surface area contributed by atoms with Crippen molar-refractivity contribution >= 4 is 11.5 Å². The molecule has 4 rings (SSSR count). The molecule has 4 aromatic rings. The third-order valence-electron chi connectivity index (χ3n) is 6.06. The van der Waals surface area contributed by atoms with Crippen LogP contribution < -0.4 is 10.5 Å². The van der Waals surface area contributed by atoms with Crippen LogP contribution in [0.3, 0.4) is 0 Å². The molecule has 166 valence electrons. The Labute approximate surface area is 194 Å². The lowest BCUT2D eigenvalue weighted by Gasteiger charge is -2.23. The van der Waals surface area contributed by atoms with Gasteiger partial charge in [-0.05, 0) is 54.8 Å². The summed E-state index contributed by atoms with van der Waals surface area (Å²) < 4.78 is 5.87. The quantitative estimate of drug-likeness (QED) is 0.325. The lowest BCUT2D eigenvalue weighted by molar-refractivity contribution is 0.482. The first-order valence-electron chi connectivity index (χ1n) is 11.0. The van der Waals surface area contributed by atoms with E-state index in [0.29, 0.717) is 22.8 Å². The van der Waals surface area contributed by atoms with Gasteiger partial charge in [-0.15, -0.1) is 0 Å². The summed E-state index contributed by atoms with van der Waals surface area (Å²) in [5.41, 5.74) is 11.1. The Morgan fingerprint density at radius 1 is 0.818 bits per heavy atom. The van der Waals surface area contributed by atoms with Crippen molar-refractivity contribution in [3.8, 4) is 11.5 Å². The molecule has 2 atom stereocenters. The molecule has 3 aromatic carbocycles. The van der Waals surface area contributed by atoms with E-state index in [4.69, 9.17) is 15.9 Å². The molecule has 3 N–H and O–H groups in total. The van der Waals surface area contributed by atoms with E-state index >= 15 is 0 Å². The molecule has 5 nitrogen and oxygen atoms in total. The molecule has 0 spiro atoms. The molecule has 5 heteroatoms. The van der Waals surface area contributed by atoms with Gasteiger partial charge in [0.1, 0.15) is 23.6 Å². The zero-order chi connectivity index (χ0) is 23.4. The van der Waals surface area contributed by atoms with E-state index in [0.717, 1.165) is 17.0 Å². The van der Waals surface area contributed by atoms with Crippen LogP contribution >= 0.6 is 0 Å². The van der Waals surface area contributed by atoms with Gasteiger partial charge < -0.3 is 10.5 Å². The molecule has 33 heavy (non-hydrogen) atoms. The fraction of sp³-hybridized carbons (Fsp3) is 0.179. The van der Waals surface area contributed by atoms with E-state index in [-0.39, 0.29) is 11.8 Å². The third kappa shape index (κ3) is 4.93. The van der Waals surface area contributed by atoms with Gasteiger partial charge in [-0.2, -0.15) is 0 Å². The molecular formula is C28H28N4O. The fourth-order valence-corrected chi connectivity index (χ4v) is 3.87. The molecule has 0 saturated heterocycles. The number of rotatable bonds is 7. The SMILES string of the molecule is Cc1ccc(C(C)C(C)c2ncnc(N)c2C(=N)c2ccc(Oc3ccccc3)cc2)cc1. The maximum absolute atomic E-state index is 8.91. The Balaban J connectivity index is 1.61. The Kier molecular flexibility index (Phi) is 6.50. The molecule has 1 aromatic heterocycles. The summed E-state index contributed by atoms with van der Waals surface area (Å²) in [5, 5.41) is 8.91. The molecule has 0 aliphatic carbocycles. The maximum atomic E-state index is 8.91. The number of anilines is 1. The minimum Gasteiger partial charge on any atom is -0.457 e. The van der Waals surface area contributed by atoms with Crippen molar-refractivity contribution in [1.82, 2.24) is 9.97 Å². The fourth-order valence-electron chi connectivity index (χ4n) is 3.87. The van der Waals surface area contributed by atoms with Crippen molar-refractivity contribution in [2.75, 3.05) is 5.73 Å². The summed E-state index contributed by atoms with van der Waals surface area (Å²) in [7, 11) is 0. The van der Waals surface area contributed by atoms with Gasteiger partial charge in [-0.25, -0.2) is 9.97 Å². The summed E-state index contributed by atoms with van der Waals surface area (Å²) in [6.45, 7) is 6.38. The second-order valence-electron chi connectivity index (χ2n) is 8.32. The van der Waals surface area contributed by atoms with Crippen LogP contribution in [0.25, 0.3) is 0 Å². The highest BCUT2D eigenvalue weighted by atomic mass is 16.5. The van der Waals surface area contributed by atoms with Crippen LogP contribution in [0.4, 0.5) is 5.82 Å². The average Bonchev–Trinajstić information content (AvgIpc) is 2.84. The first kappa shape index (κ1) is 22.2. The first-order chi connectivity index (χ1) is 15.9. The monoisotopic (exact) mass is 436 g/mol. The zero-order valence-electron chi connectivity index (χ0n) is 19.1. The van der Waals surface area contributed by atoms with Crippen LogP contribution in [0.2, 0.25) is 0 Å². The second kappa shape index (κ2) is 9.65. The van der Waals surface area contributed by atoms with E-state index in [2.05, 4.69) is 55.0 Å². The molecule has 0 saturated carbocycles. The smallest absolute Gasteiger partial charge is 0.136 e.